The van der Waals surface area contributed by atoms with Gasteiger partial charge in [0.05, 0.1) is 13.2 Å². The predicted molar refractivity (Wildman–Crippen MR) is 97.1 cm³/mol. The van der Waals surface area contributed by atoms with Gasteiger partial charge in [-0.25, -0.2) is 4.79 Å². The number of ether oxygens (including phenoxy) is 3. The molecule has 1 aromatic carbocycles. The number of rotatable bonds is 9. The Kier molecular flexibility index (Phi) is 7.90. The molecule has 1 N–H and O–H groups in total. The Labute approximate surface area is 149 Å². The van der Waals surface area contributed by atoms with Gasteiger partial charge in [-0.15, -0.1) is 0 Å². The standard InChI is InChI=1S/C19H29NO5/c1-7-8-11-19(4,24-6)18(22)20-14-9-10-16(25-13(2)3)15(12-14)17(21)23-5/h9-10,12-13H,7-8,11H2,1-6H3,(H,20,22)/t19-/m0/s1. The van der Waals surface area contributed by atoms with Crippen molar-refractivity contribution in [2.75, 3.05) is 19.5 Å². The highest BCUT2D eigenvalue weighted by molar-refractivity contribution is 5.99. The summed E-state index contributed by atoms with van der Waals surface area (Å²) >= 11 is 0. The molecule has 1 aromatic rings. The summed E-state index contributed by atoms with van der Waals surface area (Å²) < 4.78 is 15.9. The first kappa shape index (κ1) is 21.0. The van der Waals surface area contributed by atoms with E-state index in [-0.39, 0.29) is 17.6 Å². The van der Waals surface area contributed by atoms with E-state index in [1.807, 2.05) is 13.8 Å². The highest BCUT2D eigenvalue weighted by atomic mass is 16.5. The summed E-state index contributed by atoms with van der Waals surface area (Å²) in [6.45, 7) is 7.56. The van der Waals surface area contributed by atoms with Gasteiger partial charge in [0.2, 0.25) is 0 Å². The Hall–Kier alpha value is -2.08. The number of amides is 1. The molecule has 0 fully saturated rings. The highest BCUT2D eigenvalue weighted by Gasteiger charge is 2.32. The number of carbonyl (C=O) groups excluding carboxylic acids is 2. The Morgan fingerprint density at radius 1 is 1.24 bits per heavy atom. The molecular weight excluding hydrogens is 322 g/mol. The number of anilines is 1. The van der Waals surface area contributed by atoms with Crippen LogP contribution in [0.5, 0.6) is 5.75 Å². The topological polar surface area (TPSA) is 73.9 Å². The van der Waals surface area contributed by atoms with Gasteiger partial charge < -0.3 is 19.5 Å². The average Bonchev–Trinajstić information content (AvgIpc) is 2.59. The van der Waals surface area contributed by atoms with Crippen LogP contribution < -0.4 is 10.1 Å². The molecule has 0 saturated carbocycles. The minimum absolute atomic E-state index is 0.0883. The van der Waals surface area contributed by atoms with Crippen LogP contribution in [0.1, 0.15) is 57.3 Å². The zero-order valence-corrected chi connectivity index (χ0v) is 16.0. The second kappa shape index (κ2) is 9.42. The Morgan fingerprint density at radius 2 is 1.92 bits per heavy atom. The van der Waals surface area contributed by atoms with Crippen LogP contribution in [0, 0.1) is 0 Å². The fourth-order valence-electron chi connectivity index (χ4n) is 2.32. The summed E-state index contributed by atoms with van der Waals surface area (Å²) in [4.78, 5) is 24.6. The maximum Gasteiger partial charge on any atom is 0.341 e. The lowest BCUT2D eigenvalue weighted by atomic mass is 9.97. The Bertz CT molecular complexity index is 599. The minimum atomic E-state index is -0.922. The van der Waals surface area contributed by atoms with E-state index >= 15 is 0 Å². The third kappa shape index (κ3) is 5.74. The number of methoxy groups -OCH3 is 2. The minimum Gasteiger partial charge on any atom is -0.490 e. The van der Waals surface area contributed by atoms with Gasteiger partial charge in [-0.1, -0.05) is 19.8 Å². The van der Waals surface area contributed by atoms with Crippen LogP contribution in [0.4, 0.5) is 5.69 Å². The van der Waals surface area contributed by atoms with Crippen LogP contribution >= 0.6 is 0 Å². The van der Waals surface area contributed by atoms with Crippen molar-refractivity contribution in [1.82, 2.24) is 0 Å². The van der Waals surface area contributed by atoms with Crippen LogP contribution in [0.3, 0.4) is 0 Å². The third-order valence-corrected chi connectivity index (χ3v) is 3.94. The monoisotopic (exact) mass is 351 g/mol. The van der Waals surface area contributed by atoms with E-state index in [9.17, 15) is 9.59 Å². The van der Waals surface area contributed by atoms with E-state index in [2.05, 4.69) is 12.2 Å². The van der Waals surface area contributed by atoms with Crippen molar-refractivity contribution in [2.45, 2.75) is 58.7 Å². The van der Waals surface area contributed by atoms with E-state index in [0.717, 1.165) is 12.8 Å². The van der Waals surface area contributed by atoms with Gasteiger partial charge in [-0.2, -0.15) is 0 Å². The molecule has 0 bridgehead atoms. The molecule has 6 heteroatoms. The van der Waals surface area contributed by atoms with E-state index in [0.29, 0.717) is 17.9 Å². The quantitative estimate of drug-likeness (QED) is 0.685. The summed E-state index contributed by atoms with van der Waals surface area (Å²) in [5.41, 5.74) is -0.169. The highest BCUT2D eigenvalue weighted by Crippen LogP contribution is 2.26. The smallest absolute Gasteiger partial charge is 0.341 e. The molecular formula is C19H29NO5. The van der Waals surface area contributed by atoms with Gasteiger partial charge in [0.25, 0.3) is 5.91 Å². The van der Waals surface area contributed by atoms with Crippen molar-refractivity contribution in [3.05, 3.63) is 23.8 Å². The van der Waals surface area contributed by atoms with Crippen molar-refractivity contribution >= 4 is 17.6 Å². The van der Waals surface area contributed by atoms with Crippen LogP contribution in [-0.4, -0.2) is 37.8 Å². The molecule has 1 rings (SSSR count). The van der Waals surface area contributed by atoms with Crippen molar-refractivity contribution in [3.63, 3.8) is 0 Å². The summed E-state index contributed by atoms with van der Waals surface area (Å²) in [5, 5.41) is 2.81. The van der Waals surface area contributed by atoms with E-state index in [4.69, 9.17) is 14.2 Å². The maximum atomic E-state index is 12.6. The first-order valence-electron chi connectivity index (χ1n) is 8.53. The molecule has 0 aromatic heterocycles. The summed E-state index contributed by atoms with van der Waals surface area (Å²) in [7, 11) is 2.83. The van der Waals surface area contributed by atoms with Gasteiger partial charge >= 0.3 is 5.97 Å². The molecule has 0 aliphatic rings. The normalized spacial score (nSPS) is 13.2. The molecule has 0 saturated heterocycles. The average molecular weight is 351 g/mol. The molecule has 0 aliphatic carbocycles. The predicted octanol–water partition coefficient (Wildman–Crippen LogP) is 3.79. The fourth-order valence-corrected chi connectivity index (χ4v) is 2.32. The molecule has 25 heavy (non-hydrogen) atoms. The summed E-state index contributed by atoms with van der Waals surface area (Å²) in [6.07, 6.45) is 2.38. The van der Waals surface area contributed by atoms with Crippen molar-refractivity contribution < 1.29 is 23.8 Å². The molecule has 140 valence electrons. The number of benzene rings is 1. The zero-order chi connectivity index (χ0) is 19.0. The molecule has 1 amide bonds. The molecule has 0 spiro atoms. The molecule has 0 radical (unpaired) electrons. The van der Waals surface area contributed by atoms with Gasteiger partial charge in [0, 0.05) is 12.8 Å². The molecule has 0 heterocycles. The van der Waals surface area contributed by atoms with Gasteiger partial charge in [-0.3, -0.25) is 4.79 Å². The van der Waals surface area contributed by atoms with Gasteiger partial charge in [-0.05, 0) is 45.4 Å². The fraction of sp³-hybridized carbons (Fsp3) is 0.579. The van der Waals surface area contributed by atoms with Crippen molar-refractivity contribution in [2.24, 2.45) is 0 Å². The third-order valence-electron chi connectivity index (χ3n) is 3.94. The SMILES string of the molecule is CCCC[C@](C)(OC)C(=O)Nc1ccc(OC(C)C)c(C(=O)OC)c1. The number of esters is 1. The lowest BCUT2D eigenvalue weighted by Gasteiger charge is -2.27. The second-order valence-corrected chi connectivity index (χ2v) is 6.36. The Balaban J connectivity index is 3.05. The van der Waals surface area contributed by atoms with E-state index < -0.39 is 11.6 Å². The van der Waals surface area contributed by atoms with Crippen LogP contribution in [0.25, 0.3) is 0 Å². The van der Waals surface area contributed by atoms with Crippen LogP contribution in [0.2, 0.25) is 0 Å². The maximum absolute atomic E-state index is 12.6. The lowest BCUT2D eigenvalue weighted by molar-refractivity contribution is -0.136. The number of hydrogen-bond acceptors (Lipinski definition) is 5. The number of hydrogen-bond donors (Lipinski definition) is 1. The van der Waals surface area contributed by atoms with Gasteiger partial charge in [0.1, 0.15) is 16.9 Å². The first-order valence-corrected chi connectivity index (χ1v) is 8.53. The van der Waals surface area contributed by atoms with Crippen LogP contribution in [0.15, 0.2) is 18.2 Å². The lowest BCUT2D eigenvalue weighted by Crippen LogP contribution is -2.42. The number of carbonyl (C=O) groups is 2. The summed E-state index contributed by atoms with van der Waals surface area (Å²) in [6, 6.07) is 4.90. The Morgan fingerprint density at radius 3 is 2.44 bits per heavy atom. The number of unbranched alkanes of at least 4 members (excludes halogenated alkanes) is 1. The number of nitrogens with one attached hydrogen (secondary N) is 1. The molecule has 6 nitrogen and oxygen atoms in total. The van der Waals surface area contributed by atoms with Crippen molar-refractivity contribution in [1.29, 1.82) is 0 Å². The first-order chi connectivity index (χ1) is 11.8. The zero-order valence-electron chi connectivity index (χ0n) is 16.0. The molecule has 0 aliphatic heterocycles. The van der Waals surface area contributed by atoms with Crippen molar-refractivity contribution in [3.8, 4) is 5.75 Å². The largest absolute Gasteiger partial charge is 0.490 e. The van der Waals surface area contributed by atoms with Crippen LogP contribution in [-0.2, 0) is 14.3 Å². The summed E-state index contributed by atoms with van der Waals surface area (Å²) in [5.74, 6) is -0.357. The molecule has 0 unspecified atom stereocenters. The van der Waals surface area contributed by atoms with E-state index in [1.54, 1.807) is 25.1 Å². The second-order valence-electron chi connectivity index (χ2n) is 6.36. The van der Waals surface area contributed by atoms with E-state index in [1.165, 1.54) is 14.2 Å². The van der Waals surface area contributed by atoms with Gasteiger partial charge in [0.15, 0.2) is 0 Å². The molecule has 1 atom stereocenters.